The molecular formula is C19H24N4O2. The van der Waals surface area contributed by atoms with Gasteiger partial charge in [0.2, 0.25) is 5.89 Å². The molecule has 132 valence electrons. The molecule has 1 saturated heterocycles. The monoisotopic (exact) mass is 340 g/mol. The topological polar surface area (TPSA) is 67.3 Å². The lowest BCUT2D eigenvalue weighted by Crippen LogP contribution is -2.37. The smallest absolute Gasteiger partial charge is 0.212 e. The zero-order chi connectivity index (χ0) is 17.4. The van der Waals surface area contributed by atoms with Crippen LogP contribution < -0.4 is 0 Å². The van der Waals surface area contributed by atoms with Crippen LogP contribution in [0.4, 0.5) is 0 Å². The molecule has 0 amide bonds. The fourth-order valence-corrected chi connectivity index (χ4v) is 3.72. The molecule has 6 nitrogen and oxygen atoms in total. The van der Waals surface area contributed by atoms with Crippen LogP contribution in [0.5, 0.6) is 0 Å². The number of aryl methyl sites for hydroxylation is 1. The van der Waals surface area contributed by atoms with Crippen molar-refractivity contribution in [1.29, 1.82) is 0 Å². The summed E-state index contributed by atoms with van der Waals surface area (Å²) in [6.07, 6.45) is 5.00. The average molecular weight is 340 g/mol. The molecule has 1 aliphatic rings. The predicted molar refractivity (Wildman–Crippen MR) is 94.9 cm³/mol. The summed E-state index contributed by atoms with van der Waals surface area (Å²) in [5.41, 5.74) is 1.74. The molecule has 2 aromatic heterocycles. The maximum absolute atomic E-state index is 10.6. The Morgan fingerprint density at radius 1 is 1.24 bits per heavy atom. The Balaban J connectivity index is 1.42. The molecule has 0 bridgehead atoms. The van der Waals surface area contributed by atoms with Gasteiger partial charge in [-0.2, -0.15) is 0 Å². The van der Waals surface area contributed by atoms with E-state index in [9.17, 15) is 5.11 Å². The number of para-hydroxylation sites is 2. The highest BCUT2D eigenvalue weighted by Gasteiger charge is 2.31. The Kier molecular flexibility index (Phi) is 4.31. The standard InChI is InChI=1S/C19H24N4O2/c1-13(19-21-15-5-3-4-6-16(15)25-19)23-10-7-14(8-11-23)17(24)18-20-9-12-22(18)2/h3-6,9,12-14,17,24H,7-8,10-11H2,1-2H3. The quantitative estimate of drug-likeness (QED) is 0.790. The highest BCUT2D eigenvalue weighted by molar-refractivity contribution is 5.72. The van der Waals surface area contributed by atoms with Crippen LogP contribution in [0.15, 0.2) is 41.1 Å². The summed E-state index contributed by atoms with van der Waals surface area (Å²) in [4.78, 5) is 11.3. The molecule has 2 unspecified atom stereocenters. The van der Waals surface area contributed by atoms with E-state index in [2.05, 4.69) is 21.8 Å². The highest BCUT2D eigenvalue weighted by atomic mass is 16.3. The minimum atomic E-state index is -0.498. The van der Waals surface area contributed by atoms with E-state index >= 15 is 0 Å². The number of oxazole rings is 1. The molecule has 1 aliphatic heterocycles. The van der Waals surface area contributed by atoms with Crippen LogP contribution in [0.25, 0.3) is 11.1 Å². The van der Waals surface area contributed by atoms with Crippen molar-refractivity contribution in [3.05, 3.63) is 48.4 Å². The van der Waals surface area contributed by atoms with Gasteiger partial charge in [0.1, 0.15) is 17.4 Å². The Morgan fingerprint density at radius 2 is 2.00 bits per heavy atom. The summed E-state index contributed by atoms with van der Waals surface area (Å²) in [6.45, 7) is 3.98. The van der Waals surface area contributed by atoms with Crippen molar-refractivity contribution in [2.75, 3.05) is 13.1 Å². The van der Waals surface area contributed by atoms with Crippen molar-refractivity contribution in [3.63, 3.8) is 0 Å². The van der Waals surface area contributed by atoms with Crippen molar-refractivity contribution in [2.24, 2.45) is 13.0 Å². The highest BCUT2D eigenvalue weighted by Crippen LogP contribution is 2.33. The molecular weight excluding hydrogens is 316 g/mol. The number of benzene rings is 1. The third kappa shape index (κ3) is 3.07. The largest absolute Gasteiger partial charge is 0.439 e. The summed E-state index contributed by atoms with van der Waals surface area (Å²) < 4.78 is 7.82. The molecule has 6 heteroatoms. The number of rotatable bonds is 4. The summed E-state index contributed by atoms with van der Waals surface area (Å²) >= 11 is 0. The minimum Gasteiger partial charge on any atom is -0.439 e. The molecule has 0 spiro atoms. The molecule has 1 N–H and O–H groups in total. The average Bonchev–Trinajstić information content (AvgIpc) is 3.26. The summed E-state index contributed by atoms with van der Waals surface area (Å²) in [6, 6.07) is 8.01. The summed E-state index contributed by atoms with van der Waals surface area (Å²) in [5.74, 6) is 1.77. The van der Waals surface area contributed by atoms with E-state index in [4.69, 9.17) is 4.42 Å². The minimum absolute atomic E-state index is 0.138. The SMILES string of the molecule is CC(c1nc2ccccc2o1)N1CCC(C(O)c2nccn2C)CC1. The number of piperidine rings is 1. The van der Waals surface area contributed by atoms with Crippen LogP contribution in [0, 0.1) is 5.92 Å². The van der Waals surface area contributed by atoms with Crippen molar-refractivity contribution < 1.29 is 9.52 Å². The first kappa shape index (κ1) is 16.3. The number of aliphatic hydroxyl groups excluding tert-OH is 1. The van der Waals surface area contributed by atoms with Gasteiger partial charge in [-0.1, -0.05) is 12.1 Å². The van der Waals surface area contributed by atoms with Gasteiger partial charge in [0.25, 0.3) is 0 Å². The van der Waals surface area contributed by atoms with Gasteiger partial charge >= 0.3 is 0 Å². The Bertz CT molecular complexity index is 815. The lowest BCUT2D eigenvalue weighted by atomic mass is 9.90. The first-order valence-electron chi connectivity index (χ1n) is 8.88. The maximum atomic E-state index is 10.6. The lowest BCUT2D eigenvalue weighted by molar-refractivity contribution is 0.0371. The fraction of sp³-hybridized carbons (Fsp3) is 0.474. The molecule has 1 aromatic carbocycles. The fourth-order valence-electron chi connectivity index (χ4n) is 3.72. The van der Waals surface area contributed by atoms with Crippen molar-refractivity contribution in [3.8, 4) is 0 Å². The first-order chi connectivity index (χ1) is 12.1. The van der Waals surface area contributed by atoms with Gasteiger partial charge in [0.05, 0.1) is 6.04 Å². The van der Waals surface area contributed by atoms with Crippen LogP contribution >= 0.6 is 0 Å². The van der Waals surface area contributed by atoms with Crippen LogP contribution in [-0.2, 0) is 7.05 Å². The molecule has 0 aliphatic carbocycles. The van der Waals surface area contributed by atoms with E-state index in [1.165, 1.54) is 0 Å². The maximum Gasteiger partial charge on any atom is 0.212 e. The second-order valence-electron chi connectivity index (χ2n) is 6.91. The van der Waals surface area contributed by atoms with Crippen LogP contribution in [0.1, 0.15) is 43.6 Å². The number of imidazole rings is 1. The van der Waals surface area contributed by atoms with Gasteiger partial charge in [0.15, 0.2) is 5.58 Å². The van der Waals surface area contributed by atoms with E-state index in [0.29, 0.717) is 0 Å². The molecule has 0 saturated carbocycles. The lowest BCUT2D eigenvalue weighted by Gasteiger charge is -2.36. The first-order valence-corrected chi connectivity index (χ1v) is 8.88. The molecule has 4 rings (SSSR count). The number of aliphatic hydroxyl groups is 1. The van der Waals surface area contributed by atoms with Gasteiger partial charge in [-0.05, 0) is 50.9 Å². The zero-order valence-corrected chi connectivity index (χ0v) is 14.7. The van der Waals surface area contributed by atoms with Gasteiger partial charge < -0.3 is 14.1 Å². The van der Waals surface area contributed by atoms with Crippen LogP contribution in [-0.4, -0.2) is 37.6 Å². The van der Waals surface area contributed by atoms with Crippen LogP contribution in [0.3, 0.4) is 0 Å². The third-order valence-corrected chi connectivity index (χ3v) is 5.36. The number of fused-ring (bicyclic) bond motifs is 1. The normalized spacial score (nSPS) is 19.3. The van der Waals surface area contributed by atoms with E-state index in [1.807, 2.05) is 42.1 Å². The van der Waals surface area contributed by atoms with Gasteiger partial charge in [-0.25, -0.2) is 9.97 Å². The Morgan fingerprint density at radius 3 is 2.68 bits per heavy atom. The number of likely N-dealkylation sites (tertiary alicyclic amines) is 1. The van der Waals surface area contributed by atoms with Gasteiger partial charge in [0, 0.05) is 19.4 Å². The number of aromatic nitrogens is 3. The third-order valence-electron chi connectivity index (χ3n) is 5.36. The molecule has 3 heterocycles. The number of nitrogens with zero attached hydrogens (tertiary/aromatic N) is 4. The molecule has 1 fully saturated rings. The van der Waals surface area contributed by atoms with Crippen molar-refractivity contribution >= 4 is 11.1 Å². The second kappa shape index (κ2) is 6.61. The van der Waals surface area contributed by atoms with Crippen LogP contribution in [0.2, 0.25) is 0 Å². The van der Waals surface area contributed by atoms with Gasteiger partial charge in [-0.15, -0.1) is 0 Å². The Hall–Kier alpha value is -2.18. The molecule has 0 radical (unpaired) electrons. The van der Waals surface area contributed by atoms with Crippen molar-refractivity contribution in [1.82, 2.24) is 19.4 Å². The molecule has 3 aromatic rings. The van der Waals surface area contributed by atoms with E-state index in [0.717, 1.165) is 48.7 Å². The summed E-state index contributed by atoms with van der Waals surface area (Å²) in [5, 5.41) is 10.6. The van der Waals surface area contributed by atoms with Crippen molar-refractivity contribution in [2.45, 2.75) is 31.9 Å². The second-order valence-corrected chi connectivity index (χ2v) is 6.91. The predicted octanol–water partition coefficient (Wildman–Crippen LogP) is 3.07. The number of hydrogen-bond donors (Lipinski definition) is 1. The Labute approximate surface area is 147 Å². The summed E-state index contributed by atoms with van der Waals surface area (Å²) in [7, 11) is 1.93. The molecule has 2 atom stereocenters. The van der Waals surface area contributed by atoms with Gasteiger partial charge in [-0.3, -0.25) is 4.90 Å². The molecule has 25 heavy (non-hydrogen) atoms. The zero-order valence-electron chi connectivity index (χ0n) is 14.7. The van der Waals surface area contributed by atoms with E-state index in [1.54, 1.807) is 6.20 Å². The van der Waals surface area contributed by atoms with E-state index in [-0.39, 0.29) is 12.0 Å². The van der Waals surface area contributed by atoms with E-state index < -0.39 is 6.10 Å². The number of hydrogen-bond acceptors (Lipinski definition) is 5.